The maximum Gasteiger partial charge on any atom is 0.437 e. The van der Waals surface area contributed by atoms with Crippen LogP contribution >= 0.6 is 0 Å². The Morgan fingerprint density at radius 3 is 2.17 bits per heavy atom. The third-order valence-electron chi connectivity index (χ3n) is 3.88. The van der Waals surface area contributed by atoms with E-state index in [-0.39, 0.29) is 25.5 Å². The van der Waals surface area contributed by atoms with Crippen LogP contribution in [-0.2, 0) is 25.6 Å². The molecule has 0 heterocycles. The largest absolute Gasteiger partial charge is 0.445 e. The molecule has 0 radical (unpaired) electrons. The number of benzene rings is 1. The van der Waals surface area contributed by atoms with Gasteiger partial charge in [0.05, 0.1) is 6.04 Å². The SMILES string of the molecule is CC(C)(C)OC(=O)/N=C(/NCCC[C@@H](C=O)NC(=O)OCc1ccccc1)NC(=O)OC(C)(C)C. The van der Waals surface area contributed by atoms with Crippen LogP contribution in [0.1, 0.15) is 59.9 Å². The smallest absolute Gasteiger partial charge is 0.437 e. The highest BCUT2D eigenvalue weighted by Crippen LogP contribution is 2.09. The molecule has 0 aliphatic heterocycles. The number of nitrogens with zero attached hydrogens (tertiary/aromatic N) is 1. The van der Waals surface area contributed by atoms with Crippen molar-refractivity contribution >= 4 is 30.5 Å². The van der Waals surface area contributed by atoms with E-state index in [4.69, 9.17) is 14.2 Å². The number of rotatable bonds is 8. The van der Waals surface area contributed by atoms with E-state index < -0.39 is 35.5 Å². The van der Waals surface area contributed by atoms with Crippen molar-refractivity contribution < 1.29 is 33.4 Å². The van der Waals surface area contributed by atoms with Gasteiger partial charge >= 0.3 is 18.3 Å². The van der Waals surface area contributed by atoms with Gasteiger partial charge < -0.3 is 29.6 Å². The number of hydrogen-bond donors (Lipinski definition) is 3. The summed E-state index contributed by atoms with van der Waals surface area (Å²) in [6.07, 6.45) is -1.13. The van der Waals surface area contributed by atoms with Gasteiger partial charge in [-0.1, -0.05) is 30.3 Å². The van der Waals surface area contributed by atoms with Crippen molar-refractivity contribution in [1.29, 1.82) is 0 Å². The average molecular weight is 493 g/mol. The molecule has 1 aromatic rings. The summed E-state index contributed by atoms with van der Waals surface area (Å²) in [4.78, 5) is 51.2. The van der Waals surface area contributed by atoms with Crippen LogP contribution in [0.15, 0.2) is 35.3 Å². The van der Waals surface area contributed by atoms with Crippen LogP contribution in [0.25, 0.3) is 0 Å². The molecule has 0 saturated heterocycles. The molecule has 0 spiro atoms. The van der Waals surface area contributed by atoms with Crippen LogP contribution in [0.2, 0.25) is 0 Å². The summed E-state index contributed by atoms with van der Waals surface area (Å²) < 4.78 is 15.4. The molecule has 0 saturated carbocycles. The van der Waals surface area contributed by atoms with Crippen molar-refractivity contribution in [2.75, 3.05) is 6.54 Å². The Kier molecular flexibility index (Phi) is 11.7. The molecule has 0 fully saturated rings. The molecule has 1 aromatic carbocycles. The Balaban J connectivity index is 2.58. The first-order valence-electron chi connectivity index (χ1n) is 11.3. The quantitative estimate of drug-likeness (QED) is 0.164. The van der Waals surface area contributed by atoms with E-state index in [9.17, 15) is 19.2 Å². The number of aliphatic imine (C=N–C) groups is 1. The highest BCUT2D eigenvalue weighted by atomic mass is 16.6. The number of alkyl carbamates (subject to hydrolysis) is 2. The van der Waals surface area contributed by atoms with E-state index in [1.807, 2.05) is 30.3 Å². The van der Waals surface area contributed by atoms with E-state index in [1.54, 1.807) is 41.5 Å². The van der Waals surface area contributed by atoms with Gasteiger partial charge in [-0.25, -0.2) is 14.4 Å². The highest BCUT2D eigenvalue weighted by molar-refractivity contribution is 5.98. The topological polar surface area (TPSA) is 144 Å². The molecule has 0 aromatic heterocycles. The second-order valence-electron chi connectivity index (χ2n) is 9.59. The van der Waals surface area contributed by atoms with Crippen LogP contribution < -0.4 is 16.0 Å². The first-order valence-corrected chi connectivity index (χ1v) is 11.3. The molecule has 0 aliphatic rings. The molecule has 1 atom stereocenters. The van der Waals surface area contributed by atoms with Crippen LogP contribution in [-0.4, -0.2) is 54.3 Å². The molecule has 3 amide bonds. The molecule has 0 bridgehead atoms. The maximum atomic E-state index is 12.1. The number of guanidine groups is 1. The first kappa shape index (κ1) is 29.4. The third-order valence-corrected chi connectivity index (χ3v) is 3.88. The van der Waals surface area contributed by atoms with Gasteiger partial charge in [-0.15, -0.1) is 4.99 Å². The lowest BCUT2D eigenvalue weighted by atomic mass is 10.2. The lowest BCUT2D eigenvalue weighted by Gasteiger charge is -2.21. The zero-order valence-electron chi connectivity index (χ0n) is 21.2. The summed E-state index contributed by atoms with van der Waals surface area (Å²) in [5.74, 6) is -0.161. The Labute approximate surface area is 206 Å². The second kappa shape index (κ2) is 13.9. The van der Waals surface area contributed by atoms with Crippen molar-refractivity contribution in [3.05, 3.63) is 35.9 Å². The number of nitrogens with one attached hydrogen (secondary N) is 3. The minimum atomic E-state index is -0.898. The third kappa shape index (κ3) is 15.0. The first-order chi connectivity index (χ1) is 16.3. The van der Waals surface area contributed by atoms with Gasteiger partial charge in [-0.3, -0.25) is 5.32 Å². The summed E-state index contributed by atoms with van der Waals surface area (Å²) in [6, 6.07) is 8.37. The highest BCUT2D eigenvalue weighted by Gasteiger charge is 2.20. The molecular weight excluding hydrogens is 456 g/mol. The summed E-state index contributed by atoms with van der Waals surface area (Å²) >= 11 is 0. The number of amides is 3. The molecular formula is C24H36N4O7. The van der Waals surface area contributed by atoms with Gasteiger partial charge in [0.25, 0.3) is 0 Å². The van der Waals surface area contributed by atoms with Gasteiger partial charge in [-0.05, 0) is 59.9 Å². The maximum absolute atomic E-state index is 12.1. The fourth-order valence-electron chi connectivity index (χ4n) is 2.51. The average Bonchev–Trinajstić information content (AvgIpc) is 2.72. The second-order valence-corrected chi connectivity index (χ2v) is 9.59. The molecule has 0 aliphatic carbocycles. The number of carbonyl (C=O) groups is 4. The van der Waals surface area contributed by atoms with Gasteiger partial charge in [0.2, 0.25) is 5.96 Å². The summed E-state index contributed by atoms with van der Waals surface area (Å²) in [7, 11) is 0. The predicted molar refractivity (Wildman–Crippen MR) is 130 cm³/mol. The molecule has 194 valence electrons. The molecule has 11 heteroatoms. The van der Waals surface area contributed by atoms with E-state index in [2.05, 4.69) is 20.9 Å². The lowest BCUT2D eigenvalue weighted by molar-refractivity contribution is -0.109. The van der Waals surface area contributed by atoms with E-state index in [0.717, 1.165) is 5.56 Å². The summed E-state index contributed by atoms with van der Waals surface area (Å²) in [5.41, 5.74) is -0.696. The number of carbonyl (C=O) groups excluding carboxylic acids is 4. The van der Waals surface area contributed by atoms with Crippen LogP contribution in [0.5, 0.6) is 0 Å². The molecule has 0 unspecified atom stereocenters. The Morgan fingerprint density at radius 1 is 0.971 bits per heavy atom. The standard InChI is InChI=1S/C24H36N4O7/c1-23(2,3)34-21(31)27-19(28-22(32)35-24(4,5)6)25-14-10-13-18(15-29)26-20(30)33-16-17-11-8-7-9-12-17/h7-9,11-12,15,18H,10,13-14,16H2,1-6H3,(H,26,30)(H2,25,27,28,31,32)/t18-/m0/s1. The van der Waals surface area contributed by atoms with Crippen LogP contribution in [0, 0.1) is 0 Å². The van der Waals surface area contributed by atoms with Crippen molar-refractivity contribution in [1.82, 2.24) is 16.0 Å². The number of hydrogen-bond acceptors (Lipinski definition) is 7. The van der Waals surface area contributed by atoms with E-state index in [1.165, 1.54) is 0 Å². The fraction of sp³-hybridized carbons (Fsp3) is 0.542. The minimum absolute atomic E-state index is 0.0840. The predicted octanol–water partition coefficient (Wildman–Crippen LogP) is 3.67. The minimum Gasteiger partial charge on any atom is -0.445 e. The van der Waals surface area contributed by atoms with Gasteiger partial charge in [0, 0.05) is 6.54 Å². The summed E-state index contributed by atoms with van der Waals surface area (Å²) in [5, 5.41) is 7.67. The Bertz CT molecular complexity index is 874. The monoisotopic (exact) mass is 492 g/mol. The van der Waals surface area contributed by atoms with Crippen molar-refractivity contribution in [3.8, 4) is 0 Å². The van der Waals surface area contributed by atoms with Gasteiger partial charge in [0.15, 0.2) is 0 Å². The van der Waals surface area contributed by atoms with Crippen molar-refractivity contribution in [2.24, 2.45) is 4.99 Å². The molecule has 1 rings (SSSR count). The molecule has 35 heavy (non-hydrogen) atoms. The molecule has 11 nitrogen and oxygen atoms in total. The van der Waals surface area contributed by atoms with Gasteiger partial charge in [-0.2, -0.15) is 0 Å². The van der Waals surface area contributed by atoms with Gasteiger partial charge in [0.1, 0.15) is 24.1 Å². The lowest BCUT2D eigenvalue weighted by Crippen LogP contribution is -2.44. The summed E-state index contributed by atoms with van der Waals surface area (Å²) in [6.45, 7) is 10.5. The fourth-order valence-corrected chi connectivity index (χ4v) is 2.51. The van der Waals surface area contributed by atoms with E-state index >= 15 is 0 Å². The van der Waals surface area contributed by atoms with E-state index in [0.29, 0.717) is 12.7 Å². The Morgan fingerprint density at radius 2 is 1.60 bits per heavy atom. The van der Waals surface area contributed by atoms with Crippen LogP contribution in [0.4, 0.5) is 14.4 Å². The number of aldehydes is 1. The zero-order valence-corrected chi connectivity index (χ0v) is 21.2. The van der Waals surface area contributed by atoms with Crippen LogP contribution in [0.3, 0.4) is 0 Å². The van der Waals surface area contributed by atoms with Crippen molar-refractivity contribution in [2.45, 2.75) is 78.2 Å². The Hall–Kier alpha value is -3.63. The van der Waals surface area contributed by atoms with Crippen molar-refractivity contribution in [3.63, 3.8) is 0 Å². The normalized spacial score (nSPS) is 12.7. The molecule has 3 N–H and O–H groups in total. The number of ether oxygens (including phenoxy) is 3. The zero-order chi connectivity index (χ0) is 26.5.